The number of rotatable bonds is 0. The van der Waals surface area contributed by atoms with Crippen molar-refractivity contribution in [3.63, 3.8) is 0 Å². The van der Waals surface area contributed by atoms with Gasteiger partial charge in [0.2, 0.25) is 0 Å². The van der Waals surface area contributed by atoms with Crippen molar-refractivity contribution in [1.82, 2.24) is 0 Å². The number of carbonyl (C=O) groups excluding carboxylic acids is 1. The third-order valence-electron chi connectivity index (χ3n) is 3.32. The highest BCUT2D eigenvalue weighted by Crippen LogP contribution is 2.45. The van der Waals surface area contributed by atoms with E-state index in [0.29, 0.717) is 11.7 Å². The first-order valence-electron chi connectivity index (χ1n) is 4.32. The Morgan fingerprint density at radius 3 is 2.80 bits per heavy atom. The van der Waals surface area contributed by atoms with Crippen LogP contribution in [-0.4, -0.2) is 5.78 Å². The van der Waals surface area contributed by atoms with Gasteiger partial charge in [0.05, 0.1) is 0 Å². The summed E-state index contributed by atoms with van der Waals surface area (Å²) in [6, 6.07) is 0. The lowest BCUT2D eigenvalue weighted by molar-refractivity contribution is -0.120. The summed E-state index contributed by atoms with van der Waals surface area (Å²) in [6.45, 7) is 2.29. The second-order valence-electron chi connectivity index (χ2n) is 3.83. The number of carbonyl (C=O) groups is 1. The lowest BCUT2D eigenvalue weighted by Gasteiger charge is -2.10. The van der Waals surface area contributed by atoms with Crippen molar-refractivity contribution in [3.8, 4) is 0 Å². The summed E-state index contributed by atoms with van der Waals surface area (Å²) in [7, 11) is 0. The molecule has 2 fully saturated rings. The molecule has 1 heteroatoms. The second kappa shape index (κ2) is 2.08. The van der Waals surface area contributed by atoms with E-state index in [1.807, 2.05) is 0 Å². The van der Waals surface area contributed by atoms with Crippen molar-refractivity contribution >= 4 is 5.78 Å². The van der Waals surface area contributed by atoms with Crippen molar-refractivity contribution in [2.24, 2.45) is 17.8 Å². The summed E-state index contributed by atoms with van der Waals surface area (Å²) >= 11 is 0. The van der Waals surface area contributed by atoms with Crippen molar-refractivity contribution in [1.29, 1.82) is 0 Å². The van der Waals surface area contributed by atoms with Gasteiger partial charge in [-0.05, 0) is 31.1 Å². The van der Waals surface area contributed by atoms with Crippen molar-refractivity contribution in [2.45, 2.75) is 32.6 Å². The van der Waals surface area contributed by atoms with Crippen molar-refractivity contribution in [2.75, 3.05) is 0 Å². The summed E-state index contributed by atoms with van der Waals surface area (Å²) in [5.74, 6) is 2.63. The molecule has 0 bridgehead atoms. The van der Waals surface area contributed by atoms with E-state index < -0.39 is 0 Å². The van der Waals surface area contributed by atoms with E-state index in [0.717, 1.165) is 18.3 Å². The zero-order valence-electron chi connectivity index (χ0n) is 6.47. The Morgan fingerprint density at radius 1 is 1.30 bits per heavy atom. The van der Waals surface area contributed by atoms with Gasteiger partial charge in [-0.1, -0.05) is 6.92 Å². The molecule has 0 radical (unpaired) electrons. The zero-order chi connectivity index (χ0) is 7.14. The van der Waals surface area contributed by atoms with Crippen LogP contribution in [0, 0.1) is 17.8 Å². The predicted molar refractivity (Wildman–Crippen MR) is 39.6 cm³/mol. The molecule has 2 aliphatic carbocycles. The molecular formula is C9H14O. The summed E-state index contributed by atoms with van der Waals surface area (Å²) in [5, 5.41) is 0. The minimum atomic E-state index is 0.481. The molecule has 0 amide bonds. The molecule has 2 rings (SSSR count). The molecule has 0 saturated heterocycles. The van der Waals surface area contributed by atoms with Crippen LogP contribution < -0.4 is 0 Å². The molecule has 0 aromatic heterocycles. The van der Waals surface area contributed by atoms with Gasteiger partial charge in [-0.25, -0.2) is 0 Å². The lowest BCUT2D eigenvalue weighted by atomic mass is 9.94. The first-order valence-corrected chi connectivity index (χ1v) is 4.32. The molecule has 10 heavy (non-hydrogen) atoms. The van der Waals surface area contributed by atoms with E-state index in [4.69, 9.17) is 0 Å². The largest absolute Gasteiger partial charge is 0.299 e. The Morgan fingerprint density at radius 2 is 2.10 bits per heavy atom. The smallest absolute Gasteiger partial charge is 0.136 e. The van der Waals surface area contributed by atoms with Gasteiger partial charge in [-0.3, -0.25) is 4.79 Å². The summed E-state index contributed by atoms with van der Waals surface area (Å²) in [6.07, 6.45) is 4.54. The molecular weight excluding hydrogens is 124 g/mol. The van der Waals surface area contributed by atoms with Crippen LogP contribution in [0.3, 0.4) is 0 Å². The van der Waals surface area contributed by atoms with Gasteiger partial charge in [0.1, 0.15) is 5.78 Å². The Balaban J connectivity index is 2.16. The van der Waals surface area contributed by atoms with E-state index in [9.17, 15) is 4.79 Å². The molecule has 0 spiro atoms. The topological polar surface area (TPSA) is 17.1 Å². The van der Waals surface area contributed by atoms with Crippen molar-refractivity contribution in [3.05, 3.63) is 0 Å². The van der Waals surface area contributed by atoms with E-state index in [-0.39, 0.29) is 0 Å². The van der Waals surface area contributed by atoms with Crippen LogP contribution in [0.2, 0.25) is 0 Å². The third kappa shape index (κ3) is 0.727. The van der Waals surface area contributed by atoms with E-state index >= 15 is 0 Å². The van der Waals surface area contributed by atoms with Gasteiger partial charge in [-0.15, -0.1) is 0 Å². The fraction of sp³-hybridized carbons (Fsp3) is 0.889. The maximum absolute atomic E-state index is 11.2. The van der Waals surface area contributed by atoms with Crippen LogP contribution >= 0.6 is 0 Å². The molecule has 3 atom stereocenters. The average Bonchev–Trinajstić information content (AvgIpc) is 2.41. The van der Waals surface area contributed by atoms with E-state index in [2.05, 4.69) is 6.92 Å². The highest BCUT2D eigenvalue weighted by atomic mass is 16.1. The molecule has 1 nitrogen and oxygen atoms in total. The predicted octanol–water partition coefficient (Wildman–Crippen LogP) is 2.01. The molecule has 2 aliphatic rings. The molecule has 0 aliphatic heterocycles. The summed E-state index contributed by atoms with van der Waals surface area (Å²) in [5.41, 5.74) is 0. The molecule has 2 saturated carbocycles. The number of Topliss-reactive ketones (excluding diaryl/α,β-unsaturated/α-hetero) is 1. The normalized spacial score (nSPS) is 46.1. The minimum Gasteiger partial charge on any atom is -0.299 e. The quantitative estimate of drug-likeness (QED) is 0.500. The Kier molecular flexibility index (Phi) is 1.33. The van der Waals surface area contributed by atoms with Gasteiger partial charge < -0.3 is 0 Å². The Hall–Kier alpha value is -0.330. The number of ketones is 1. The van der Waals surface area contributed by atoms with Gasteiger partial charge in [0.25, 0.3) is 0 Å². The van der Waals surface area contributed by atoms with Crippen LogP contribution in [0.1, 0.15) is 32.6 Å². The first kappa shape index (κ1) is 6.38. The summed E-state index contributed by atoms with van der Waals surface area (Å²) < 4.78 is 0. The molecule has 0 aromatic rings. The highest BCUT2D eigenvalue weighted by Gasteiger charge is 2.41. The molecule has 56 valence electrons. The molecule has 0 heterocycles. The lowest BCUT2D eigenvalue weighted by Crippen LogP contribution is -2.10. The van der Waals surface area contributed by atoms with Gasteiger partial charge in [-0.2, -0.15) is 0 Å². The molecule has 0 N–H and O–H groups in total. The third-order valence-corrected chi connectivity index (χ3v) is 3.32. The number of hydrogen-bond acceptors (Lipinski definition) is 1. The molecule has 3 unspecified atom stereocenters. The van der Waals surface area contributed by atoms with Crippen molar-refractivity contribution < 1.29 is 4.79 Å². The van der Waals surface area contributed by atoms with Gasteiger partial charge in [0, 0.05) is 12.3 Å². The number of fused-ring (bicyclic) bond motifs is 1. The van der Waals surface area contributed by atoms with Crippen LogP contribution in [-0.2, 0) is 4.79 Å². The molecule has 0 aromatic carbocycles. The second-order valence-corrected chi connectivity index (χ2v) is 3.83. The Labute approximate surface area is 61.8 Å². The van der Waals surface area contributed by atoms with Gasteiger partial charge in [0.15, 0.2) is 0 Å². The zero-order valence-corrected chi connectivity index (χ0v) is 6.47. The fourth-order valence-corrected chi connectivity index (χ4v) is 2.65. The first-order chi connectivity index (χ1) is 4.79. The monoisotopic (exact) mass is 138 g/mol. The van der Waals surface area contributed by atoms with Gasteiger partial charge >= 0.3 is 0 Å². The fourth-order valence-electron chi connectivity index (χ4n) is 2.65. The maximum atomic E-state index is 11.2. The van der Waals surface area contributed by atoms with Crippen LogP contribution in [0.5, 0.6) is 0 Å². The van der Waals surface area contributed by atoms with Crippen LogP contribution in [0.25, 0.3) is 0 Å². The van der Waals surface area contributed by atoms with E-state index in [1.54, 1.807) is 0 Å². The average molecular weight is 138 g/mol. The maximum Gasteiger partial charge on any atom is 0.136 e. The highest BCUT2D eigenvalue weighted by molar-refractivity contribution is 5.83. The standard InChI is InChI=1S/C9H14O/c1-6-2-3-8-7(6)4-5-9(8)10/h6-8H,2-5H2,1H3. The van der Waals surface area contributed by atoms with E-state index in [1.165, 1.54) is 19.3 Å². The van der Waals surface area contributed by atoms with Crippen LogP contribution in [0.4, 0.5) is 0 Å². The summed E-state index contributed by atoms with van der Waals surface area (Å²) in [4.78, 5) is 11.2. The SMILES string of the molecule is CC1CCC2C(=O)CCC12. The van der Waals surface area contributed by atoms with Crippen LogP contribution in [0.15, 0.2) is 0 Å². The minimum absolute atomic E-state index is 0.481. The Bertz CT molecular complexity index is 162. The number of hydrogen-bond donors (Lipinski definition) is 0.